The molecule has 2 aromatic rings. The summed E-state index contributed by atoms with van der Waals surface area (Å²) < 4.78 is 10.7. The number of rotatable bonds is 6. The lowest BCUT2D eigenvalue weighted by molar-refractivity contribution is -0.160. The second kappa shape index (κ2) is 8.53. The van der Waals surface area contributed by atoms with Gasteiger partial charge in [-0.1, -0.05) is 35.9 Å². The molecular weight excluding hydrogens is 342 g/mol. The monoisotopic (exact) mass is 361 g/mol. The predicted octanol–water partition coefficient (Wildman–Crippen LogP) is 3.70. The lowest BCUT2D eigenvalue weighted by Crippen LogP contribution is -2.40. The maximum atomic E-state index is 12.4. The Morgan fingerprint density at radius 2 is 1.68 bits per heavy atom. The Morgan fingerprint density at radius 3 is 2.32 bits per heavy atom. The Kier molecular flexibility index (Phi) is 6.42. The molecular formula is C19H20ClNO4. The van der Waals surface area contributed by atoms with Gasteiger partial charge >= 0.3 is 5.97 Å². The molecule has 25 heavy (non-hydrogen) atoms. The number of carbonyl (C=O) groups is 2. The van der Waals surface area contributed by atoms with Gasteiger partial charge in [0.25, 0.3) is 5.91 Å². The van der Waals surface area contributed by atoms with E-state index in [4.69, 9.17) is 21.1 Å². The Labute approximate surface area is 152 Å². The molecule has 0 saturated heterocycles. The number of likely N-dealkylation sites (N-methyl/N-ethyl adjacent to an activating group) is 1. The maximum absolute atomic E-state index is 12.4. The van der Waals surface area contributed by atoms with E-state index in [1.54, 1.807) is 50.4 Å². The first kappa shape index (κ1) is 18.8. The average Bonchev–Trinajstić information content (AvgIpc) is 2.61. The predicted molar refractivity (Wildman–Crippen MR) is 96.9 cm³/mol. The van der Waals surface area contributed by atoms with E-state index in [-0.39, 0.29) is 5.91 Å². The van der Waals surface area contributed by atoms with E-state index in [1.165, 1.54) is 11.8 Å². The molecule has 2 aromatic carbocycles. The van der Waals surface area contributed by atoms with E-state index in [0.717, 1.165) is 5.69 Å². The van der Waals surface area contributed by atoms with Crippen LogP contribution in [0.15, 0.2) is 54.6 Å². The number of ether oxygens (including phenoxy) is 2. The van der Waals surface area contributed by atoms with Gasteiger partial charge in [0, 0.05) is 17.8 Å². The van der Waals surface area contributed by atoms with E-state index in [0.29, 0.717) is 10.8 Å². The van der Waals surface area contributed by atoms with Gasteiger partial charge in [0.1, 0.15) is 5.75 Å². The fourth-order valence-electron chi connectivity index (χ4n) is 2.16. The van der Waals surface area contributed by atoms with Crippen molar-refractivity contribution in [1.82, 2.24) is 0 Å². The van der Waals surface area contributed by atoms with Crippen molar-refractivity contribution in [2.45, 2.75) is 26.1 Å². The Morgan fingerprint density at radius 1 is 1.00 bits per heavy atom. The summed E-state index contributed by atoms with van der Waals surface area (Å²) in [6.45, 7) is 3.09. The van der Waals surface area contributed by atoms with E-state index in [2.05, 4.69) is 0 Å². The van der Waals surface area contributed by atoms with E-state index in [1.807, 2.05) is 18.2 Å². The van der Waals surface area contributed by atoms with Crippen LogP contribution in [0.3, 0.4) is 0 Å². The van der Waals surface area contributed by atoms with Gasteiger partial charge in [-0.05, 0) is 44.2 Å². The molecule has 0 aromatic heterocycles. The van der Waals surface area contributed by atoms with Crippen LogP contribution < -0.4 is 9.64 Å². The Bertz CT molecular complexity index is 735. The van der Waals surface area contributed by atoms with Crippen LogP contribution in [-0.4, -0.2) is 31.1 Å². The van der Waals surface area contributed by atoms with Crippen LogP contribution in [0.1, 0.15) is 13.8 Å². The largest absolute Gasteiger partial charge is 0.479 e. The normalized spacial score (nSPS) is 12.8. The number of halogens is 1. The lowest BCUT2D eigenvalue weighted by Gasteiger charge is -2.23. The van der Waals surface area contributed by atoms with E-state index >= 15 is 0 Å². The van der Waals surface area contributed by atoms with Crippen LogP contribution in [0.2, 0.25) is 5.02 Å². The quantitative estimate of drug-likeness (QED) is 0.736. The lowest BCUT2D eigenvalue weighted by atomic mass is 10.2. The molecule has 0 aliphatic heterocycles. The Hall–Kier alpha value is -2.53. The number of esters is 1. The fourth-order valence-corrected chi connectivity index (χ4v) is 2.34. The standard InChI is InChI=1S/C19H20ClNO4/c1-13(18(22)21(3)16-9-5-4-6-10-16)25-19(23)14(2)24-17-11-7-8-15(20)12-17/h4-14H,1-3H3. The molecule has 0 aliphatic carbocycles. The molecule has 0 heterocycles. The second-order valence-corrected chi connectivity index (χ2v) is 5.97. The summed E-state index contributed by atoms with van der Waals surface area (Å²) in [5.41, 5.74) is 0.721. The summed E-state index contributed by atoms with van der Waals surface area (Å²) in [6.07, 6.45) is -1.79. The van der Waals surface area contributed by atoms with Gasteiger partial charge in [0.2, 0.25) is 0 Å². The van der Waals surface area contributed by atoms with Crippen molar-refractivity contribution in [2.75, 3.05) is 11.9 Å². The summed E-state index contributed by atoms with van der Waals surface area (Å²) in [5, 5.41) is 0.506. The van der Waals surface area contributed by atoms with Crippen LogP contribution in [-0.2, 0) is 14.3 Å². The van der Waals surface area contributed by atoms with Crippen molar-refractivity contribution in [3.63, 3.8) is 0 Å². The van der Waals surface area contributed by atoms with Crippen LogP contribution in [0.25, 0.3) is 0 Å². The number of hydrogen-bond acceptors (Lipinski definition) is 4. The minimum absolute atomic E-state index is 0.325. The molecule has 2 unspecified atom stereocenters. The molecule has 2 atom stereocenters. The first-order valence-corrected chi connectivity index (χ1v) is 8.21. The molecule has 5 nitrogen and oxygen atoms in total. The molecule has 0 aliphatic rings. The highest BCUT2D eigenvalue weighted by molar-refractivity contribution is 6.30. The molecule has 0 N–H and O–H groups in total. The van der Waals surface area contributed by atoms with Crippen LogP contribution in [0.5, 0.6) is 5.75 Å². The fraction of sp³-hybridized carbons (Fsp3) is 0.263. The summed E-state index contributed by atoms with van der Waals surface area (Å²) in [4.78, 5) is 26.0. The van der Waals surface area contributed by atoms with Crippen molar-refractivity contribution in [1.29, 1.82) is 0 Å². The number of para-hydroxylation sites is 1. The molecule has 0 fully saturated rings. The summed E-state index contributed by atoms with van der Waals surface area (Å²) >= 11 is 5.88. The zero-order chi connectivity index (χ0) is 18.4. The molecule has 0 radical (unpaired) electrons. The Balaban J connectivity index is 1.93. The first-order chi connectivity index (χ1) is 11.9. The minimum atomic E-state index is -0.928. The SMILES string of the molecule is CC(Oc1cccc(Cl)c1)C(=O)OC(C)C(=O)N(C)c1ccccc1. The zero-order valence-corrected chi connectivity index (χ0v) is 15.1. The summed E-state index contributed by atoms with van der Waals surface area (Å²) in [6, 6.07) is 15.8. The molecule has 6 heteroatoms. The molecule has 0 spiro atoms. The van der Waals surface area contributed by atoms with Crippen molar-refractivity contribution in [3.8, 4) is 5.75 Å². The van der Waals surface area contributed by atoms with Crippen molar-refractivity contribution < 1.29 is 19.1 Å². The van der Waals surface area contributed by atoms with Gasteiger partial charge < -0.3 is 14.4 Å². The molecule has 132 valence electrons. The smallest absolute Gasteiger partial charge is 0.347 e. The van der Waals surface area contributed by atoms with Crippen molar-refractivity contribution in [3.05, 3.63) is 59.6 Å². The van der Waals surface area contributed by atoms with Gasteiger partial charge in [-0.3, -0.25) is 4.79 Å². The van der Waals surface area contributed by atoms with Gasteiger partial charge in [-0.15, -0.1) is 0 Å². The third-order valence-corrected chi connectivity index (χ3v) is 3.79. The molecule has 2 rings (SSSR count). The maximum Gasteiger partial charge on any atom is 0.347 e. The first-order valence-electron chi connectivity index (χ1n) is 7.84. The van der Waals surface area contributed by atoms with Gasteiger partial charge in [0.05, 0.1) is 0 Å². The number of carbonyl (C=O) groups excluding carboxylic acids is 2. The van der Waals surface area contributed by atoms with Gasteiger partial charge in [-0.25, -0.2) is 4.79 Å². The van der Waals surface area contributed by atoms with Crippen LogP contribution >= 0.6 is 11.6 Å². The molecule has 0 saturated carbocycles. The number of nitrogens with zero attached hydrogens (tertiary/aromatic N) is 1. The summed E-state index contributed by atoms with van der Waals surface area (Å²) in [7, 11) is 1.63. The molecule has 1 amide bonds. The third kappa shape index (κ3) is 5.22. The second-order valence-electron chi connectivity index (χ2n) is 5.53. The highest BCUT2D eigenvalue weighted by Crippen LogP contribution is 2.19. The van der Waals surface area contributed by atoms with Crippen molar-refractivity contribution in [2.24, 2.45) is 0 Å². The minimum Gasteiger partial charge on any atom is -0.479 e. The van der Waals surface area contributed by atoms with Crippen molar-refractivity contribution >= 4 is 29.2 Å². The van der Waals surface area contributed by atoms with Crippen LogP contribution in [0, 0.1) is 0 Å². The number of hydrogen-bond donors (Lipinski definition) is 0. The number of benzene rings is 2. The topological polar surface area (TPSA) is 55.8 Å². The molecule has 0 bridgehead atoms. The average molecular weight is 362 g/mol. The van der Waals surface area contributed by atoms with Gasteiger partial charge in [-0.2, -0.15) is 0 Å². The highest BCUT2D eigenvalue weighted by Gasteiger charge is 2.25. The highest BCUT2D eigenvalue weighted by atomic mass is 35.5. The summed E-state index contributed by atoms with van der Waals surface area (Å²) in [5.74, 6) is -0.492. The zero-order valence-electron chi connectivity index (χ0n) is 14.3. The van der Waals surface area contributed by atoms with Gasteiger partial charge in [0.15, 0.2) is 12.2 Å². The van der Waals surface area contributed by atoms with Crippen LogP contribution in [0.4, 0.5) is 5.69 Å². The third-order valence-electron chi connectivity index (χ3n) is 3.56. The number of amides is 1. The number of anilines is 1. The van der Waals surface area contributed by atoms with E-state index in [9.17, 15) is 9.59 Å². The van der Waals surface area contributed by atoms with E-state index < -0.39 is 18.2 Å².